The third-order valence-corrected chi connectivity index (χ3v) is 5.47. The van der Waals surface area contributed by atoms with Crippen LogP contribution in [0, 0.1) is 6.92 Å². The van der Waals surface area contributed by atoms with Gasteiger partial charge in [0.15, 0.2) is 0 Å². The Labute approximate surface area is 153 Å². The van der Waals surface area contributed by atoms with E-state index in [1.165, 1.54) is 0 Å². The van der Waals surface area contributed by atoms with Crippen LogP contribution >= 0.6 is 11.6 Å². The van der Waals surface area contributed by atoms with Crippen LogP contribution in [-0.4, -0.2) is 45.5 Å². The van der Waals surface area contributed by atoms with Gasteiger partial charge in [0.05, 0.1) is 18.1 Å². The molecule has 25 heavy (non-hydrogen) atoms. The molecule has 3 rings (SSSR count). The standard InChI is InChI=1S/C18H19ClN2O3S/c1-14-2-8-17(9-3-14)25(22,23)20-18(21-10-12-24-13-11-21)15-4-6-16(19)7-5-15/h2-9H,10-13H2,1H3/b20-18-. The van der Waals surface area contributed by atoms with E-state index in [4.69, 9.17) is 16.3 Å². The van der Waals surface area contributed by atoms with E-state index in [1.807, 2.05) is 11.8 Å². The first kappa shape index (κ1) is 17.9. The van der Waals surface area contributed by atoms with Crippen LogP contribution in [0.5, 0.6) is 0 Å². The third kappa shape index (κ3) is 4.39. The molecule has 1 aliphatic rings. The molecule has 0 N–H and O–H groups in total. The minimum Gasteiger partial charge on any atom is -0.378 e. The van der Waals surface area contributed by atoms with Gasteiger partial charge >= 0.3 is 0 Å². The van der Waals surface area contributed by atoms with E-state index in [2.05, 4.69) is 4.40 Å². The molecule has 0 amide bonds. The number of aryl methyl sites for hydroxylation is 1. The van der Waals surface area contributed by atoms with Crippen molar-refractivity contribution < 1.29 is 13.2 Å². The van der Waals surface area contributed by atoms with Crippen LogP contribution in [-0.2, 0) is 14.8 Å². The van der Waals surface area contributed by atoms with Crippen molar-refractivity contribution in [3.63, 3.8) is 0 Å². The Hall–Kier alpha value is -1.89. The van der Waals surface area contributed by atoms with Crippen molar-refractivity contribution in [2.24, 2.45) is 4.40 Å². The molecule has 5 nitrogen and oxygen atoms in total. The molecular formula is C18H19ClN2O3S. The zero-order chi connectivity index (χ0) is 17.9. The summed E-state index contributed by atoms with van der Waals surface area (Å²) >= 11 is 5.95. The van der Waals surface area contributed by atoms with E-state index in [0.29, 0.717) is 42.7 Å². The average Bonchev–Trinajstić information content (AvgIpc) is 2.62. The van der Waals surface area contributed by atoms with Gasteiger partial charge in [-0.3, -0.25) is 0 Å². The molecule has 0 saturated carbocycles. The molecule has 2 aromatic carbocycles. The van der Waals surface area contributed by atoms with Crippen LogP contribution in [0.1, 0.15) is 11.1 Å². The minimum absolute atomic E-state index is 0.179. The Kier molecular flexibility index (Phi) is 5.42. The van der Waals surface area contributed by atoms with Crippen molar-refractivity contribution >= 4 is 27.5 Å². The first-order chi connectivity index (χ1) is 12.0. The smallest absolute Gasteiger partial charge is 0.284 e. The molecule has 0 unspecified atom stereocenters. The lowest BCUT2D eigenvalue weighted by molar-refractivity contribution is 0.0683. The summed E-state index contributed by atoms with van der Waals surface area (Å²) in [6, 6.07) is 13.7. The molecule has 0 atom stereocenters. The van der Waals surface area contributed by atoms with Crippen LogP contribution in [0.25, 0.3) is 0 Å². The fourth-order valence-electron chi connectivity index (χ4n) is 2.54. The minimum atomic E-state index is -3.81. The number of nitrogens with zero attached hydrogens (tertiary/aromatic N) is 2. The molecule has 1 heterocycles. The normalized spacial score (nSPS) is 16.1. The second kappa shape index (κ2) is 7.56. The highest BCUT2D eigenvalue weighted by Crippen LogP contribution is 2.18. The molecule has 0 aliphatic carbocycles. The van der Waals surface area contributed by atoms with Gasteiger partial charge in [-0.05, 0) is 43.3 Å². The Morgan fingerprint density at radius 1 is 1.04 bits per heavy atom. The lowest BCUT2D eigenvalue weighted by Crippen LogP contribution is -2.41. The summed E-state index contributed by atoms with van der Waals surface area (Å²) in [5.74, 6) is 0.417. The van der Waals surface area contributed by atoms with Crippen LogP contribution in [0.4, 0.5) is 0 Å². The summed E-state index contributed by atoms with van der Waals surface area (Å²) in [4.78, 5) is 2.11. The van der Waals surface area contributed by atoms with Gasteiger partial charge in [-0.1, -0.05) is 29.3 Å². The zero-order valence-corrected chi connectivity index (χ0v) is 15.4. The lowest BCUT2D eigenvalue weighted by Gasteiger charge is -2.29. The number of benzene rings is 2. The van der Waals surface area contributed by atoms with E-state index in [1.54, 1.807) is 48.5 Å². The van der Waals surface area contributed by atoms with Crippen molar-refractivity contribution in [2.45, 2.75) is 11.8 Å². The first-order valence-corrected chi connectivity index (χ1v) is 9.78. The Bertz CT molecular complexity index is 856. The molecule has 0 spiro atoms. The number of ether oxygens (including phenoxy) is 1. The van der Waals surface area contributed by atoms with E-state index < -0.39 is 10.0 Å². The highest BCUT2D eigenvalue weighted by Gasteiger charge is 2.21. The molecule has 1 aliphatic heterocycles. The van der Waals surface area contributed by atoms with Crippen molar-refractivity contribution in [1.29, 1.82) is 0 Å². The monoisotopic (exact) mass is 378 g/mol. The number of hydrogen-bond acceptors (Lipinski definition) is 3. The van der Waals surface area contributed by atoms with E-state index in [0.717, 1.165) is 5.56 Å². The van der Waals surface area contributed by atoms with Gasteiger partial charge in [-0.25, -0.2) is 0 Å². The fraction of sp³-hybridized carbons (Fsp3) is 0.278. The SMILES string of the molecule is Cc1ccc(S(=O)(=O)/N=C(/c2ccc(Cl)cc2)N2CCOCC2)cc1. The number of sulfonamides is 1. The molecule has 2 aromatic rings. The summed E-state index contributed by atoms with van der Waals surface area (Å²) in [6.45, 7) is 4.16. The molecule has 7 heteroatoms. The molecule has 0 aromatic heterocycles. The summed E-state index contributed by atoms with van der Waals surface area (Å²) in [5, 5.41) is 0.589. The number of halogens is 1. The summed E-state index contributed by atoms with van der Waals surface area (Å²) < 4.78 is 35.0. The van der Waals surface area contributed by atoms with Gasteiger partial charge in [0.1, 0.15) is 5.84 Å². The third-order valence-electron chi connectivity index (χ3n) is 3.94. The lowest BCUT2D eigenvalue weighted by atomic mass is 10.2. The molecule has 0 bridgehead atoms. The molecule has 1 saturated heterocycles. The number of morpholine rings is 1. The zero-order valence-electron chi connectivity index (χ0n) is 13.9. The predicted octanol–water partition coefficient (Wildman–Crippen LogP) is 3.12. The maximum Gasteiger partial charge on any atom is 0.284 e. The van der Waals surface area contributed by atoms with Crippen LogP contribution in [0.15, 0.2) is 57.8 Å². The second-order valence-electron chi connectivity index (χ2n) is 5.81. The topological polar surface area (TPSA) is 59.0 Å². The molecule has 0 radical (unpaired) electrons. The Morgan fingerprint density at radius 3 is 2.24 bits per heavy atom. The van der Waals surface area contributed by atoms with Gasteiger partial charge in [0, 0.05) is 23.7 Å². The van der Waals surface area contributed by atoms with Crippen LogP contribution < -0.4 is 0 Å². The fourth-order valence-corrected chi connectivity index (χ4v) is 3.70. The predicted molar refractivity (Wildman–Crippen MR) is 98.7 cm³/mol. The van der Waals surface area contributed by atoms with Crippen molar-refractivity contribution in [2.75, 3.05) is 26.3 Å². The van der Waals surface area contributed by atoms with Crippen LogP contribution in [0.2, 0.25) is 5.02 Å². The van der Waals surface area contributed by atoms with Gasteiger partial charge in [0.25, 0.3) is 10.0 Å². The maximum atomic E-state index is 12.8. The van der Waals surface area contributed by atoms with Gasteiger partial charge in [-0.15, -0.1) is 4.40 Å². The van der Waals surface area contributed by atoms with E-state index >= 15 is 0 Å². The van der Waals surface area contributed by atoms with Gasteiger partial charge < -0.3 is 9.64 Å². The summed E-state index contributed by atoms with van der Waals surface area (Å²) in [5.41, 5.74) is 1.70. The molecular weight excluding hydrogens is 360 g/mol. The maximum absolute atomic E-state index is 12.8. The highest BCUT2D eigenvalue weighted by molar-refractivity contribution is 7.90. The summed E-state index contributed by atoms with van der Waals surface area (Å²) in [7, 11) is -3.81. The Morgan fingerprint density at radius 2 is 1.64 bits per heavy atom. The summed E-state index contributed by atoms with van der Waals surface area (Å²) in [6.07, 6.45) is 0. The molecule has 132 valence electrons. The quantitative estimate of drug-likeness (QED) is 0.608. The largest absolute Gasteiger partial charge is 0.378 e. The van der Waals surface area contributed by atoms with Crippen molar-refractivity contribution in [3.8, 4) is 0 Å². The highest BCUT2D eigenvalue weighted by atomic mass is 35.5. The molecule has 1 fully saturated rings. The van der Waals surface area contributed by atoms with Gasteiger partial charge in [-0.2, -0.15) is 8.42 Å². The van der Waals surface area contributed by atoms with Gasteiger partial charge in [0.2, 0.25) is 0 Å². The van der Waals surface area contributed by atoms with E-state index in [-0.39, 0.29) is 4.90 Å². The number of hydrogen-bond donors (Lipinski definition) is 0. The van der Waals surface area contributed by atoms with E-state index in [9.17, 15) is 8.42 Å². The van der Waals surface area contributed by atoms with Crippen LogP contribution in [0.3, 0.4) is 0 Å². The average molecular weight is 379 g/mol. The second-order valence-corrected chi connectivity index (χ2v) is 7.85. The first-order valence-electron chi connectivity index (χ1n) is 7.96. The van der Waals surface area contributed by atoms with Crippen molar-refractivity contribution in [3.05, 3.63) is 64.7 Å². The number of rotatable bonds is 3. The van der Waals surface area contributed by atoms with Crippen molar-refractivity contribution in [1.82, 2.24) is 4.90 Å². The Balaban J connectivity index is 2.04. The number of amidine groups is 1.